The highest BCUT2D eigenvalue weighted by Gasteiger charge is 2.00. The Morgan fingerprint density at radius 2 is 1.40 bits per heavy atom. The van der Waals surface area contributed by atoms with Gasteiger partial charge in [0.25, 0.3) is 0 Å². The van der Waals surface area contributed by atoms with Gasteiger partial charge >= 0.3 is 13.5 Å². The Balaban J connectivity index is 0. The lowest BCUT2D eigenvalue weighted by Crippen LogP contribution is -2.14. The summed E-state index contributed by atoms with van der Waals surface area (Å²) in [6, 6.07) is 0. The van der Waals surface area contributed by atoms with Crippen LogP contribution in [0.1, 0.15) is 0 Å². The van der Waals surface area contributed by atoms with Crippen LogP contribution in [-0.2, 0) is 13.5 Å². The van der Waals surface area contributed by atoms with Crippen LogP contribution >= 0.6 is 8.53 Å². The molecule has 0 rings (SSSR count). The van der Waals surface area contributed by atoms with Crippen molar-refractivity contribution in [3.63, 3.8) is 0 Å². The first-order valence-corrected chi connectivity index (χ1v) is 1.87. The molecule has 0 fully saturated rings. The van der Waals surface area contributed by atoms with Crippen molar-refractivity contribution in [3.05, 3.63) is 0 Å². The molecule has 2 N–H and O–H groups in total. The van der Waals surface area contributed by atoms with Crippen LogP contribution in [0.15, 0.2) is 0 Å². The molecule has 0 saturated carbocycles. The quantitative estimate of drug-likeness (QED) is 0.363. The van der Waals surface area contributed by atoms with Gasteiger partial charge in [-0.3, -0.25) is 0 Å². The molecular weight excluding hydrogens is 109 g/mol. The molecule has 0 saturated heterocycles. The van der Waals surface area contributed by atoms with E-state index in [1.807, 2.05) is 0 Å². The second-order valence-electron chi connectivity index (χ2n) is 0.285. The summed E-state index contributed by atoms with van der Waals surface area (Å²) in [6.07, 6.45) is 0. The maximum absolute atomic E-state index is 8.81. The topological polar surface area (TPSA) is 72.1 Å². The average Bonchev–Trinajstić information content (AvgIpc) is 0.811. The molecule has 5 heteroatoms. The predicted octanol–water partition coefficient (Wildman–Crippen LogP) is -2.11. The van der Waals surface area contributed by atoms with Crippen LogP contribution in [0, 0.1) is 0 Å². The minimum absolute atomic E-state index is 0. The summed E-state index contributed by atoms with van der Waals surface area (Å²) < 4.78 is 0. The zero-order valence-corrected chi connectivity index (χ0v) is 3.96. The summed E-state index contributed by atoms with van der Waals surface area (Å²) >= 11 is 0. The van der Waals surface area contributed by atoms with E-state index in [2.05, 4.69) is 5.50 Å². The standard InChI is InChI=1S/H2NO2P.S/c1-4(2)3;/h1H2;/q-2;+2. The average molecular weight is 111 g/mol. The van der Waals surface area contributed by atoms with Gasteiger partial charge in [0.1, 0.15) is 0 Å². The molecule has 30 valence electrons. The fraction of sp³-hybridized carbons (Fsp3) is 0. The van der Waals surface area contributed by atoms with Crippen LogP contribution in [0.25, 0.3) is 0 Å². The van der Waals surface area contributed by atoms with E-state index in [0.717, 1.165) is 0 Å². The maximum Gasteiger partial charge on any atom is 2.00 e. The van der Waals surface area contributed by atoms with Crippen LogP contribution in [-0.4, -0.2) is 0 Å². The molecule has 0 unspecified atom stereocenters. The third kappa shape index (κ3) is 75.7. The summed E-state index contributed by atoms with van der Waals surface area (Å²) in [5, 5.41) is 0. The van der Waals surface area contributed by atoms with Crippen molar-refractivity contribution >= 4 is 22.0 Å². The van der Waals surface area contributed by atoms with E-state index in [1.165, 1.54) is 0 Å². The van der Waals surface area contributed by atoms with Crippen molar-refractivity contribution in [1.29, 1.82) is 0 Å². The SMILES string of the molecule is NP([O-])[O-].[S+2]. The van der Waals surface area contributed by atoms with Gasteiger partial charge in [-0.25, -0.2) is 8.53 Å². The lowest BCUT2D eigenvalue weighted by molar-refractivity contribution is -0.292. The summed E-state index contributed by atoms with van der Waals surface area (Å²) in [5.74, 6) is 0. The largest absolute Gasteiger partial charge is 2.00 e. The molecule has 0 bridgehead atoms. The summed E-state index contributed by atoms with van der Waals surface area (Å²) in [6.45, 7) is 0. The van der Waals surface area contributed by atoms with Crippen LogP contribution < -0.4 is 15.3 Å². The minimum Gasteiger partial charge on any atom is -0.830 e. The Hall–Kier alpha value is 0.660. The third-order valence-corrected chi connectivity index (χ3v) is 0. The Bertz CT molecular complexity index is 14.4. The highest BCUT2D eigenvalue weighted by atomic mass is 32.1. The predicted molar refractivity (Wildman–Crippen MR) is 18.5 cm³/mol. The number of hydrogen-bond donors (Lipinski definition) is 1. The molecule has 0 amide bonds. The molecule has 0 atom stereocenters. The van der Waals surface area contributed by atoms with E-state index in [-0.39, 0.29) is 13.5 Å². The number of hydrogen-bond acceptors (Lipinski definition) is 3. The summed E-state index contributed by atoms with van der Waals surface area (Å²) in [4.78, 5) is 17.6. The first kappa shape index (κ1) is 9.18. The molecule has 0 aliphatic carbocycles. The molecule has 0 aromatic heterocycles. The van der Waals surface area contributed by atoms with Crippen molar-refractivity contribution in [1.82, 2.24) is 0 Å². The van der Waals surface area contributed by atoms with E-state index in [9.17, 15) is 0 Å². The normalized spacial score (nSPS) is 7.20. The fourth-order valence-corrected chi connectivity index (χ4v) is 0. The zero-order chi connectivity index (χ0) is 3.58. The highest BCUT2D eigenvalue weighted by Crippen LogP contribution is 1.86. The van der Waals surface area contributed by atoms with Gasteiger partial charge in [0.2, 0.25) is 0 Å². The molecule has 0 spiro atoms. The van der Waals surface area contributed by atoms with Crippen LogP contribution in [0.5, 0.6) is 0 Å². The Morgan fingerprint density at radius 1 is 1.40 bits per heavy atom. The van der Waals surface area contributed by atoms with E-state index in [0.29, 0.717) is 0 Å². The first-order chi connectivity index (χ1) is 1.73. The van der Waals surface area contributed by atoms with Gasteiger partial charge in [0.05, 0.1) is 0 Å². The van der Waals surface area contributed by atoms with Crippen LogP contribution in [0.3, 0.4) is 0 Å². The van der Waals surface area contributed by atoms with Gasteiger partial charge in [-0.15, -0.1) is 0 Å². The van der Waals surface area contributed by atoms with Gasteiger partial charge in [0, 0.05) is 0 Å². The Kier molecular flexibility index (Phi) is 8.55. The van der Waals surface area contributed by atoms with E-state index < -0.39 is 8.53 Å². The van der Waals surface area contributed by atoms with Crippen molar-refractivity contribution in [2.45, 2.75) is 0 Å². The fourth-order valence-electron chi connectivity index (χ4n) is 0. The third-order valence-electron chi connectivity index (χ3n) is 0. The second-order valence-corrected chi connectivity index (χ2v) is 0.856. The van der Waals surface area contributed by atoms with Crippen LogP contribution in [0.2, 0.25) is 0 Å². The van der Waals surface area contributed by atoms with E-state index in [1.54, 1.807) is 0 Å². The highest BCUT2D eigenvalue weighted by molar-refractivity contribution is 7.39. The Morgan fingerprint density at radius 3 is 1.40 bits per heavy atom. The molecule has 4 radical (unpaired) electrons. The minimum atomic E-state index is -2.62. The Labute approximate surface area is 38.2 Å². The molecule has 0 heterocycles. The summed E-state index contributed by atoms with van der Waals surface area (Å²) in [5.41, 5.74) is 4.06. The van der Waals surface area contributed by atoms with Gasteiger partial charge in [-0.2, -0.15) is 0 Å². The zero-order valence-electron chi connectivity index (χ0n) is 2.25. The van der Waals surface area contributed by atoms with Gasteiger partial charge in [-0.1, -0.05) is 0 Å². The monoisotopic (exact) mass is 111 g/mol. The molecule has 5 heavy (non-hydrogen) atoms. The van der Waals surface area contributed by atoms with Crippen molar-refractivity contribution < 1.29 is 9.79 Å². The van der Waals surface area contributed by atoms with Crippen LogP contribution in [0.4, 0.5) is 0 Å². The van der Waals surface area contributed by atoms with Crippen molar-refractivity contribution in [2.75, 3.05) is 0 Å². The van der Waals surface area contributed by atoms with E-state index in [4.69, 9.17) is 9.79 Å². The smallest absolute Gasteiger partial charge is 0.830 e. The lowest BCUT2D eigenvalue weighted by atomic mass is 13.9. The lowest BCUT2D eigenvalue weighted by Gasteiger charge is -2.22. The molecule has 0 aromatic rings. The molecule has 3 nitrogen and oxygen atoms in total. The second kappa shape index (κ2) is 4.66. The molecular formula is H2NO2PS. The van der Waals surface area contributed by atoms with Gasteiger partial charge in [0.15, 0.2) is 0 Å². The molecule has 0 aliphatic heterocycles. The van der Waals surface area contributed by atoms with Gasteiger partial charge in [-0.05, 0) is 0 Å². The maximum atomic E-state index is 8.81. The number of rotatable bonds is 0. The van der Waals surface area contributed by atoms with Crippen molar-refractivity contribution in [2.24, 2.45) is 5.50 Å². The van der Waals surface area contributed by atoms with Crippen molar-refractivity contribution in [3.8, 4) is 0 Å². The first-order valence-electron chi connectivity index (χ1n) is 0.623. The molecule has 0 aliphatic rings. The number of nitrogens with two attached hydrogens (primary N) is 1. The molecule has 0 aromatic carbocycles. The summed E-state index contributed by atoms with van der Waals surface area (Å²) in [7, 11) is -2.62. The van der Waals surface area contributed by atoms with E-state index >= 15 is 0 Å². The van der Waals surface area contributed by atoms with Gasteiger partial charge < -0.3 is 15.3 Å².